The van der Waals surface area contributed by atoms with Gasteiger partial charge in [0.2, 0.25) is 0 Å². The molecule has 1 aliphatic heterocycles. The van der Waals surface area contributed by atoms with Crippen LogP contribution in [0.1, 0.15) is 37.6 Å². The van der Waals surface area contributed by atoms with Crippen LogP contribution in [0.4, 0.5) is 0 Å². The number of H-pyrrole nitrogens is 1. The average molecular weight is 374 g/mol. The smallest absolute Gasteiger partial charge is 0.261 e. The van der Waals surface area contributed by atoms with Crippen molar-refractivity contribution in [2.45, 2.75) is 33.2 Å². The zero-order chi connectivity index (χ0) is 18.7. The van der Waals surface area contributed by atoms with Gasteiger partial charge < -0.3 is 15.2 Å². The highest BCUT2D eigenvalue weighted by Gasteiger charge is 2.23. The fourth-order valence-electron chi connectivity index (χ4n) is 3.90. The molecule has 3 rings (SSSR count). The number of thiophene rings is 1. The van der Waals surface area contributed by atoms with Gasteiger partial charge in [-0.1, -0.05) is 19.9 Å². The molecule has 6 heteroatoms. The molecule has 2 aromatic heterocycles. The van der Waals surface area contributed by atoms with E-state index in [1.807, 2.05) is 24.4 Å². The molecule has 3 atom stereocenters. The van der Waals surface area contributed by atoms with Crippen LogP contribution in [-0.2, 0) is 0 Å². The highest BCUT2D eigenvalue weighted by atomic mass is 32.1. The van der Waals surface area contributed by atoms with E-state index in [1.165, 1.54) is 6.42 Å². The number of nitrogens with one attached hydrogen (secondary N) is 2. The van der Waals surface area contributed by atoms with Crippen molar-refractivity contribution in [1.82, 2.24) is 15.2 Å². The van der Waals surface area contributed by atoms with Gasteiger partial charge in [0.05, 0.1) is 10.6 Å². The number of rotatable bonds is 5. The van der Waals surface area contributed by atoms with Crippen LogP contribution >= 0.6 is 11.3 Å². The lowest BCUT2D eigenvalue weighted by molar-refractivity contribution is 0.0903. The summed E-state index contributed by atoms with van der Waals surface area (Å²) >= 11 is 1.55. The molecule has 5 nitrogen and oxygen atoms in total. The summed E-state index contributed by atoms with van der Waals surface area (Å²) in [7, 11) is 0. The minimum Gasteiger partial charge on any atom is -0.348 e. The standard InChI is InChI=1S/C20H27N3O2S/c1-13-9-14(2)11-23(10-13)12-15(3)21-19(24)16-6-7-17(22-20(16)25)18-5-4-8-26-18/h4-8,13-15H,9-12H2,1-3H3,(H,21,24)(H,22,25). The molecule has 0 saturated carbocycles. The van der Waals surface area contributed by atoms with Crippen molar-refractivity contribution in [1.29, 1.82) is 0 Å². The van der Waals surface area contributed by atoms with Crippen LogP contribution in [-0.4, -0.2) is 41.5 Å². The van der Waals surface area contributed by atoms with Gasteiger partial charge in [-0.3, -0.25) is 9.59 Å². The van der Waals surface area contributed by atoms with E-state index in [4.69, 9.17) is 0 Å². The van der Waals surface area contributed by atoms with E-state index in [9.17, 15) is 9.59 Å². The topological polar surface area (TPSA) is 65.2 Å². The monoisotopic (exact) mass is 373 g/mol. The second kappa shape index (κ2) is 8.18. The molecule has 3 heterocycles. The van der Waals surface area contributed by atoms with Crippen LogP contribution in [0.2, 0.25) is 0 Å². The molecule has 3 unspecified atom stereocenters. The number of likely N-dealkylation sites (tertiary alicyclic amines) is 1. The number of nitrogens with zero attached hydrogens (tertiary/aromatic N) is 1. The third kappa shape index (κ3) is 4.62. The molecular formula is C20H27N3O2S. The molecule has 1 aliphatic rings. The number of carbonyl (C=O) groups excluding carboxylic acids is 1. The number of aromatic amines is 1. The van der Waals surface area contributed by atoms with Gasteiger partial charge in [0.15, 0.2) is 0 Å². The molecule has 2 N–H and O–H groups in total. The Hall–Kier alpha value is -1.92. The minimum absolute atomic E-state index is 0.00336. The van der Waals surface area contributed by atoms with Crippen LogP contribution in [0.25, 0.3) is 10.6 Å². The summed E-state index contributed by atoms with van der Waals surface area (Å²) in [6.45, 7) is 9.50. The van der Waals surface area contributed by atoms with E-state index in [0.717, 1.165) is 30.2 Å². The average Bonchev–Trinajstić information content (AvgIpc) is 3.07. The summed E-state index contributed by atoms with van der Waals surface area (Å²) < 4.78 is 0. The van der Waals surface area contributed by atoms with Gasteiger partial charge in [-0.15, -0.1) is 11.3 Å². The van der Waals surface area contributed by atoms with Gasteiger partial charge in [-0.2, -0.15) is 0 Å². The lowest BCUT2D eigenvalue weighted by atomic mass is 9.92. The van der Waals surface area contributed by atoms with Crippen LogP contribution in [0.3, 0.4) is 0 Å². The third-order valence-electron chi connectivity index (χ3n) is 4.79. The Morgan fingerprint density at radius 1 is 1.31 bits per heavy atom. The number of amides is 1. The van der Waals surface area contributed by atoms with E-state index in [1.54, 1.807) is 23.5 Å². The van der Waals surface area contributed by atoms with E-state index < -0.39 is 0 Å². The van der Waals surface area contributed by atoms with Gasteiger partial charge in [0, 0.05) is 25.7 Å². The molecule has 0 aromatic carbocycles. The van der Waals surface area contributed by atoms with Gasteiger partial charge in [0.25, 0.3) is 11.5 Å². The van der Waals surface area contributed by atoms with Gasteiger partial charge in [0.1, 0.15) is 5.56 Å². The van der Waals surface area contributed by atoms with E-state index >= 15 is 0 Å². The summed E-state index contributed by atoms with van der Waals surface area (Å²) in [6, 6.07) is 7.28. The highest BCUT2D eigenvalue weighted by Crippen LogP contribution is 2.22. The first kappa shape index (κ1) is 18.9. The summed E-state index contributed by atoms with van der Waals surface area (Å²) in [4.78, 5) is 31.0. The Balaban J connectivity index is 1.61. The molecule has 0 bridgehead atoms. The first-order valence-electron chi connectivity index (χ1n) is 9.22. The molecule has 0 aliphatic carbocycles. The maximum Gasteiger partial charge on any atom is 0.261 e. The van der Waals surface area contributed by atoms with Crippen LogP contribution in [0.5, 0.6) is 0 Å². The van der Waals surface area contributed by atoms with Crippen molar-refractivity contribution in [3.63, 3.8) is 0 Å². The van der Waals surface area contributed by atoms with Crippen molar-refractivity contribution < 1.29 is 4.79 Å². The number of piperidine rings is 1. The fraction of sp³-hybridized carbons (Fsp3) is 0.500. The first-order valence-corrected chi connectivity index (χ1v) is 10.1. The zero-order valence-electron chi connectivity index (χ0n) is 15.6. The van der Waals surface area contributed by atoms with Gasteiger partial charge >= 0.3 is 0 Å². The van der Waals surface area contributed by atoms with Crippen LogP contribution in [0.15, 0.2) is 34.4 Å². The number of hydrogen-bond donors (Lipinski definition) is 2. The second-order valence-corrected chi connectivity index (χ2v) is 8.58. The van der Waals surface area contributed by atoms with Crippen molar-refractivity contribution >= 4 is 17.2 Å². The molecule has 26 heavy (non-hydrogen) atoms. The van der Waals surface area contributed by atoms with Crippen molar-refractivity contribution in [2.24, 2.45) is 11.8 Å². The van der Waals surface area contributed by atoms with E-state index in [2.05, 4.69) is 29.0 Å². The molecule has 140 valence electrons. The molecule has 0 spiro atoms. The maximum absolute atomic E-state index is 12.5. The third-order valence-corrected chi connectivity index (χ3v) is 5.70. The predicted molar refractivity (Wildman–Crippen MR) is 107 cm³/mol. The maximum atomic E-state index is 12.5. The summed E-state index contributed by atoms with van der Waals surface area (Å²) in [5, 5.41) is 4.93. The largest absolute Gasteiger partial charge is 0.348 e. The molecule has 1 amide bonds. The summed E-state index contributed by atoms with van der Waals surface area (Å²) in [5.74, 6) is 1.07. The van der Waals surface area contributed by atoms with Crippen molar-refractivity contribution in [3.05, 3.63) is 45.6 Å². The highest BCUT2D eigenvalue weighted by molar-refractivity contribution is 7.13. The van der Waals surface area contributed by atoms with Crippen molar-refractivity contribution in [2.75, 3.05) is 19.6 Å². The lowest BCUT2D eigenvalue weighted by Crippen LogP contribution is -2.47. The second-order valence-electron chi connectivity index (χ2n) is 7.63. The molecular weight excluding hydrogens is 346 g/mol. The summed E-state index contributed by atoms with van der Waals surface area (Å²) in [6.07, 6.45) is 1.27. The number of aromatic nitrogens is 1. The SMILES string of the molecule is CC1CC(C)CN(CC(C)NC(=O)c2ccc(-c3cccs3)[nH]c2=O)C1. The van der Waals surface area contributed by atoms with E-state index in [0.29, 0.717) is 11.8 Å². The molecule has 0 radical (unpaired) electrons. The van der Waals surface area contributed by atoms with Crippen LogP contribution < -0.4 is 10.9 Å². The number of hydrogen-bond acceptors (Lipinski definition) is 4. The normalized spacial score (nSPS) is 22.1. The van der Waals surface area contributed by atoms with Gasteiger partial charge in [-0.05, 0) is 48.8 Å². The molecule has 2 aromatic rings. The first-order chi connectivity index (χ1) is 12.4. The Morgan fingerprint density at radius 3 is 2.65 bits per heavy atom. The Morgan fingerprint density at radius 2 is 2.04 bits per heavy atom. The summed E-state index contributed by atoms with van der Waals surface area (Å²) in [5.41, 5.74) is 0.559. The number of pyridine rings is 1. The molecule has 1 saturated heterocycles. The van der Waals surface area contributed by atoms with E-state index in [-0.39, 0.29) is 23.1 Å². The zero-order valence-corrected chi connectivity index (χ0v) is 16.4. The molecule has 1 fully saturated rings. The number of carbonyl (C=O) groups is 1. The predicted octanol–water partition coefficient (Wildman–Crippen LogP) is 3.20. The fourth-order valence-corrected chi connectivity index (χ4v) is 4.61. The Labute approximate surface area is 158 Å². The minimum atomic E-state index is -0.346. The Kier molecular flexibility index (Phi) is 5.94. The van der Waals surface area contributed by atoms with Crippen LogP contribution in [0, 0.1) is 11.8 Å². The van der Waals surface area contributed by atoms with Crippen molar-refractivity contribution in [3.8, 4) is 10.6 Å². The van der Waals surface area contributed by atoms with Gasteiger partial charge in [-0.25, -0.2) is 0 Å². The lowest BCUT2D eigenvalue weighted by Gasteiger charge is -2.36. The quantitative estimate of drug-likeness (QED) is 0.846. The Bertz CT molecular complexity index is 790.